The van der Waals surface area contributed by atoms with Gasteiger partial charge in [0.15, 0.2) is 0 Å². The molecule has 0 atom stereocenters. The molecule has 0 saturated heterocycles. The fourth-order valence-corrected chi connectivity index (χ4v) is 3.14. The van der Waals surface area contributed by atoms with Gasteiger partial charge in [-0.3, -0.25) is 0 Å². The van der Waals surface area contributed by atoms with Crippen molar-refractivity contribution in [3.63, 3.8) is 0 Å². The zero-order chi connectivity index (χ0) is 15.4. The van der Waals surface area contributed by atoms with Gasteiger partial charge in [-0.1, -0.05) is 26.0 Å². The Balaban J connectivity index is 2.81. The van der Waals surface area contributed by atoms with Crippen LogP contribution in [0.15, 0.2) is 24.3 Å². The molecule has 0 spiro atoms. The Morgan fingerprint density at radius 3 is 2.30 bits per heavy atom. The standard InChI is InChI=1S/C14H21N3O2S/c1-14(2,10-16)11-17(3)20(18,19)9-13-6-4-12(8-15)5-7-13/h4-7H,9-11,16H2,1-3H3. The Morgan fingerprint density at radius 2 is 1.85 bits per heavy atom. The van der Waals surface area contributed by atoms with Crippen molar-refractivity contribution in [2.24, 2.45) is 11.1 Å². The number of rotatable bonds is 6. The van der Waals surface area contributed by atoms with Crippen LogP contribution in [0.1, 0.15) is 25.0 Å². The number of nitrogens with two attached hydrogens (primary N) is 1. The van der Waals surface area contributed by atoms with E-state index in [1.54, 1.807) is 31.3 Å². The fourth-order valence-electron chi connectivity index (χ4n) is 1.76. The number of hydrogen-bond donors (Lipinski definition) is 1. The molecule has 0 saturated carbocycles. The van der Waals surface area contributed by atoms with E-state index in [2.05, 4.69) is 0 Å². The number of nitriles is 1. The molecular formula is C14H21N3O2S. The Labute approximate surface area is 121 Å². The van der Waals surface area contributed by atoms with Crippen LogP contribution in [-0.4, -0.2) is 32.9 Å². The predicted octanol–water partition coefficient (Wildman–Crippen LogP) is 1.30. The van der Waals surface area contributed by atoms with Gasteiger partial charge in [0.2, 0.25) is 10.0 Å². The van der Waals surface area contributed by atoms with Gasteiger partial charge in [-0.25, -0.2) is 12.7 Å². The van der Waals surface area contributed by atoms with Crippen molar-refractivity contribution in [3.05, 3.63) is 35.4 Å². The number of nitrogens with zero attached hydrogens (tertiary/aromatic N) is 2. The summed E-state index contributed by atoms with van der Waals surface area (Å²) in [6.07, 6.45) is 0. The fraction of sp³-hybridized carbons (Fsp3) is 0.500. The molecule has 0 heterocycles. The monoisotopic (exact) mass is 295 g/mol. The van der Waals surface area contributed by atoms with E-state index in [-0.39, 0.29) is 11.2 Å². The summed E-state index contributed by atoms with van der Waals surface area (Å²) in [4.78, 5) is 0. The van der Waals surface area contributed by atoms with Gasteiger partial charge in [0.25, 0.3) is 0 Å². The van der Waals surface area contributed by atoms with Crippen molar-refractivity contribution >= 4 is 10.0 Å². The largest absolute Gasteiger partial charge is 0.330 e. The van der Waals surface area contributed by atoms with Crippen molar-refractivity contribution in [2.75, 3.05) is 20.1 Å². The molecule has 110 valence electrons. The van der Waals surface area contributed by atoms with Crippen LogP contribution in [-0.2, 0) is 15.8 Å². The molecule has 0 fully saturated rings. The second-order valence-electron chi connectivity index (χ2n) is 5.69. The third-order valence-corrected chi connectivity index (χ3v) is 4.89. The maximum atomic E-state index is 12.3. The lowest BCUT2D eigenvalue weighted by molar-refractivity contribution is 0.291. The summed E-state index contributed by atoms with van der Waals surface area (Å²) in [5, 5.41) is 8.72. The quantitative estimate of drug-likeness (QED) is 0.857. The molecule has 0 aliphatic heterocycles. The van der Waals surface area contributed by atoms with Crippen LogP contribution in [0.3, 0.4) is 0 Å². The van der Waals surface area contributed by atoms with Crippen LogP contribution in [0.5, 0.6) is 0 Å². The summed E-state index contributed by atoms with van der Waals surface area (Å²) >= 11 is 0. The molecule has 2 N–H and O–H groups in total. The molecule has 20 heavy (non-hydrogen) atoms. The van der Waals surface area contributed by atoms with Crippen LogP contribution < -0.4 is 5.73 Å². The minimum absolute atomic E-state index is 0.0736. The van der Waals surface area contributed by atoms with Gasteiger partial charge in [0, 0.05) is 13.6 Å². The first kappa shape index (κ1) is 16.6. The highest BCUT2D eigenvalue weighted by Gasteiger charge is 2.25. The van der Waals surface area contributed by atoms with Crippen LogP contribution in [0.25, 0.3) is 0 Å². The Hall–Kier alpha value is -1.42. The van der Waals surface area contributed by atoms with Crippen LogP contribution in [0, 0.1) is 16.7 Å². The van der Waals surface area contributed by atoms with Gasteiger partial charge in [-0.2, -0.15) is 5.26 Å². The topological polar surface area (TPSA) is 87.2 Å². The summed E-state index contributed by atoms with van der Waals surface area (Å²) in [5.41, 5.74) is 6.56. The maximum Gasteiger partial charge on any atom is 0.218 e. The van der Waals surface area contributed by atoms with Gasteiger partial charge >= 0.3 is 0 Å². The minimum Gasteiger partial charge on any atom is -0.330 e. The first-order valence-electron chi connectivity index (χ1n) is 6.33. The minimum atomic E-state index is -3.38. The van der Waals surface area contributed by atoms with E-state index >= 15 is 0 Å². The summed E-state index contributed by atoms with van der Waals surface area (Å²) in [6.45, 7) is 4.66. The van der Waals surface area contributed by atoms with Crippen molar-refractivity contribution in [1.29, 1.82) is 5.26 Å². The van der Waals surface area contributed by atoms with E-state index in [0.717, 1.165) is 0 Å². The van der Waals surface area contributed by atoms with Gasteiger partial charge in [-0.05, 0) is 29.7 Å². The van der Waals surface area contributed by atoms with Gasteiger partial charge < -0.3 is 5.73 Å². The Bertz CT molecular complexity index is 586. The second kappa shape index (κ2) is 6.35. The molecule has 0 aliphatic carbocycles. The zero-order valence-corrected chi connectivity index (χ0v) is 12.9. The first-order chi connectivity index (χ1) is 9.20. The molecule has 0 amide bonds. The number of hydrogen-bond acceptors (Lipinski definition) is 4. The summed E-state index contributed by atoms with van der Waals surface area (Å²) < 4.78 is 25.9. The summed E-state index contributed by atoms with van der Waals surface area (Å²) in [7, 11) is -1.82. The van der Waals surface area contributed by atoms with E-state index in [1.807, 2.05) is 19.9 Å². The van der Waals surface area contributed by atoms with Gasteiger partial charge in [-0.15, -0.1) is 0 Å². The number of sulfonamides is 1. The molecule has 1 rings (SSSR count). The third-order valence-electron chi connectivity index (χ3n) is 3.11. The Morgan fingerprint density at radius 1 is 1.30 bits per heavy atom. The average molecular weight is 295 g/mol. The normalized spacial score (nSPS) is 12.4. The lowest BCUT2D eigenvalue weighted by Gasteiger charge is -2.28. The third kappa shape index (κ3) is 4.60. The molecule has 0 radical (unpaired) electrons. The van der Waals surface area contributed by atoms with Crippen molar-refractivity contribution in [2.45, 2.75) is 19.6 Å². The lowest BCUT2D eigenvalue weighted by Crippen LogP contribution is -2.40. The zero-order valence-electron chi connectivity index (χ0n) is 12.1. The van der Waals surface area contributed by atoms with Gasteiger partial charge in [0.05, 0.1) is 17.4 Å². The highest BCUT2D eigenvalue weighted by atomic mass is 32.2. The second-order valence-corrected chi connectivity index (χ2v) is 7.77. The number of benzene rings is 1. The van der Waals surface area contributed by atoms with E-state index in [4.69, 9.17) is 11.0 Å². The molecule has 1 aromatic carbocycles. The lowest BCUT2D eigenvalue weighted by atomic mass is 9.94. The van der Waals surface area contributed by atoms with Crippen molar-refractivity contribution < 1.29 is 8.42 Å². The van der Waals surface area contributed by atoms with E-state index < -0.39 is 10.0 Å². The average Bonchev–Trinajstić information content (AvgIpc) is 2.38. The Kier molecular flexibility index (Phi) is 5.28. The van der Waals surface area contributed by atoms with E-state index in [1.165, 1.54) is 4.31 Å². The SMILES string of the molecule is CN(CC(C)(C)CN)S(=O)(=O)Cc1ccc(C#N)cc1. The van der Waals surface area contributed by atoms with Crippen molar-refractivity contribution in [1.82, 2.24) is 4.31 Å². The summed E-state index contributed by atoms with van der Waals surface area (Å²) in [6, 6.07) is 8.57. The highest BCUT2D eigenvalue weighted by Crippen LogP contribution is 2.18. The molecule has 5 nitrogen and oxygen atoms in total. The molecule has 0 bridgehead atoms. The molecular weight excluding hydrogens is 274 g/mol. The first-order valence-corrected chi connectivity index (χ1v) is 7.94. The van der Waals surface area contributed by atoms with Crippen LogP contribution >= 0.6 is 0 Å². The molecule has 0 aliphatic rings. The summed E-state index contributed by atoms with van der Waals surface area (Å²) in [5.74, 6) is -0.0736. The predicted molar refractivity (Wildman–Crippen MR) is 79.2 cm³/mol. The van der Waals surface area contributed by atoms with E-state index in [9.17, 15) is 8.42 Å². The molecule has 6 heteroatoms. The van der Waals surface area contributed by atoms with Gasteiger partial charge in [0.1, 0.15) is 0 Å². The molecule has 0 aromatic heterocycles. The maximum absolute atomic E-state index is 12.3. The van der Waals surface area contributed by atoms with E-state index in [0.29, 0.717) is 24.2 Å². The van der Waals surface area contributed by atoms with Crippen LogP contribution in [0.2, 0.25) is 0 Å². The molecule has 1 aromatic rings. The van der Waals surface area contributed by atoms with Crippen LogP contribution in [0.4, 0.5) is 0 Å². The smallest absolute Gasteiger partial charge is 0.218 e. The molecule has 0 unspecified atom stereocenters. The highest BCUT2D eigenvalue weighted by molar-refractivity contribution is 7.88. The van der Waals surface area contributed by atoms with Crippen molar-refractivity contribution in [3.8, 4) is 6.07 Å².